The molecule has 5 heteroatoms. The van der Waals surface area contributed by atoms with Gasteiger partial charge in [0.25, 0.3) is 0 Å². The van der Waals surface area contributed by atoms with Gasteiger partial charge in [0.2, 0.25) is 0 Å². The molecule has 0 aliphatic carbocycles. The molecule has 94 valence electrons. The van der Waals surface area contributed by atoms with Crippen molar-refractivity contribution in [3.63, 3.8) is 0 Å². The predicted molar refractivity (Wildman–Crippen MR) is 59.1 cm³/mol. The van der Waals surface area contributed by atoms with Gasteiger partial charge < -0.3 is 25.2 Å². The van der Waals surface area contributed by atoms with Crippen molar-refractivity contribution in [2.45, 2.75) is 30.5 Å². The van der Waals surface area contributed by atoms with Gasteiger partial charge >= 0.3 is 0 Å². The highest BCUT2D eigenvalue weighted by molar-refractivity contribution is 5.17. The van der Waals surface area contributed by atoms with Crippen LogP contribution in [0.5, 0.6) is 0 Å². The SMILES string of the molecule is [2H]C(c1ccccc1)C1(O)O[C@H](CO)[C@H](O)[C@H]1O. The van der Waals surface area contributed by atoms with E-state index in [-0.39, 0.29) is 0 Å². The molecule has 2 rings (SSSR count). The first-order valence-corrected chi connectivity index (χ1v) is 5.35. The lowest BCUT2D eigenvalue weighted by atomic mass is 9.98. The zero-order chi connectivity index (χ0) is 13.3. The Hall–Kier alpha value is -0.980. The van der Waals surface area contributed by atoms with Gasteiger partial charge in [0.1, 0.15) is 18.3 Å². The first kappa shape index (κ1) is 11.1. The molecule has 0 bridgehead atoms. The summed E-state index contributed by atoms with van der Waals surface area (Å²) in [5, 5.41) is 38.6. The number of aliphatic hydroxyl groups excluding tert-OH is 3. The molecule has 17 heavy (non-hydrogen) atoms. The molecule has 1 aromatic rings. The van der Waals surface area contributed by atoms with Crippen LogP contribution >= 0.6 is 0 Å². The molecule has 0 aromatic heterocycles. The molecule has 0 radical (unpaired) electrons. The van der Waals surface area contributed by atoms with Gasteiger partial charge in [0, 0.05) is 7.77 Å². The minimum atomic E-state index is -2.23. The van der Waals surface area contributed by atoms with Gasteiger partial charge in [0.05, 0.1) is 6.61 Å². The molecular weight excluding hydrogens is 224 g/mol. The highest BCUT2D eigenvalue weighted by atomic mass is 16.7. The van der Waals surface area contributed by atoms with Crippen LogP contribution in [0.1, 0.15) is 6.93 Å². The van der Waals surface area contributed by atoms with Crippen molar-refractivity contribution in [1.29, 1.82) is 0 Å². The average Bonchev–Trinajstić information content (AvgIpc) is 2.64. The van der Waals surface area contributed by atoms with Crippen molar-refractivity contribution in [3.05, 3.63) is 35.9 Å². The first-order valence-electron chi connectivity index (χ1n) is 5.93. The normalized spacial score (nSPS) is 40.0. The van der Waals surface area contributed by atoms with Crippen LogP contribution in [-0.4, -0.2) is 51.1 Å². The lowest BCUT2D eigenvalue weighted by Gasteiger charge is -2.26. The molecule has 1 fully saturated rings. The lowest BCUT2D eigenvalue weighted by Crippen LogP contribution is -2.44. The third-order valence-corrected chi connectivity index (χ3v) is 2.82. The number of aliphatic hydroxyl groups is 4. The molecule has 5 nitrogen and oxygen atoms in total. The molecule has 2 unspecified atom stereocenters. The van der Waals surface area contributed by atoms with Gasteiger partial charge in [-0.3, -0.25) is 0 Å². The van der Waals surface area contributed by atoms with Gasteiger partial charge in [-0.1, -0.05) is 30.3 Å². The van der Waals surface area contributed by atoms with Crippen LogP contribution in [0.3, 0.4) is 0 Å². The van der Waals surface area contributed by atoms with E-state index in [0.29, 0.717) is 5.56 Å². The zero-order valence-corrected chi connectivity index (χ0v) is 9.10. The molecular formula is C12H16O5. The molecule has 0 amide bonds. The molecule has 1 aliphatic rings. The quantitative estimate of drug-likeness (QED) is 0.547. The van der Waals surface area contributed by atoms with Crippen molar-refractivity contribution >= 4 is 0 Å². The molecule has 0 saturated carbocycles. The van der Waals surface area contributed by atoms with Crippen molar-refractivity contribution < 1.29 is 26.5 Å². The molecule has 5 atom stereocenters. The number of benzene rings is 1. The van der Waals surface area contributed by atoms with Crippen LogP contribution in [0.25, 0.3) is 0 Å². The van der Waals surface area contributed by atoms with E-state index in [0.717, 1.165) is 0 Å². The van der Waals surface area contributed by atoms with E-state index in [1.54, 1.807) is 30.3 Å². The van der Waals surface area contributed by atoms with Crippen LogP contribution < -0.4 is 0 Å². The van der Waals surface area contributed by atoms with Crippen molar-refractivity contribution in [2.75, 3.05) is 6.61 Å². The second-order valence-electron chi connectivity index (χ2n) is 4.08. The predicted octanol–water partition coefficient (Wildman–Crippen LogP) is -0.969. The lowest BCUT2D eigenvalue weighted by molar-refractivity contribution is -0.229. The molecule has 1 aromatic carbocycles. The summed E-state index contributed by atoms with van der Waals surface area (Å²) in [4.78, 5) is 0. The third-order valence-electron chi connectivity index (χ3n) is 2.82. The summed E-state index contributed by atoms with van der Waals surface area (Å²) in [7, 11) is 0. The van der Waals surface area contributed by atoms with E-state index in [9.17, 15) is 15.3 Å². The van der Waals surface area contributed by atoms with E-state index in [1.807, 2.05) is 0 Å². The van der Waals surface area contributed by atoms with Gasteiger partial charge in [-0.15, -0.1) is 0 Å². The number of hydrogen-bond acceptors (Lipinski definition) is 5. The Morgan fingerprint density at radius 1 is 1.29 bits per heavy atom. The highest BCUT2D eigenvalue weighted by Gasteiger charge is 2.52. The summed E-state index contributed by atoms with van der Waals surface area (Å²) in [6.45, 7) is -0.540. The summed E-state index contributed by atoms with van der Waals surface area (Å²) in [6, 6.07) is 8.38. The molecule has 4 N–H and O–H groups in total. The van der Waals surface area contributed by atoms with Crippen LogP contribution in [0.2, 0.25) is 0 Å². The largest absolute Gasteiger partial charge is 0.394 e. The molecule has 1 saturated heterocycles. The van der Waals surface area contributed by atoms with Crippen LogP contribution in [-0.2, 0) is 11.1 Å². The maximum Gasteiger partial charge on any atom is 0.199 e. The molecule has 1 heterocycles. The van der Waals surface area contributed by atoms with Gasteiger partial charge in [-0.25, -0.2) is 0 Å². The smallest absolute Gasteiger partial charge is 0.199 e. The van der Waals surface area contributed by atoms with Gasteiger partial charge in [0.15, 0.2) is 5.79 Å². The maximum absolute atomic E-state index is 10.2. The van der Waals surface area contributed by atoms with E-state index in [2.05, 4.69) is 0 Å². The Morgan fingerprint density at radius 3 is 2.47 bits per heavy atom. The van der Waals surface area contributed by atoms with E-state index >= 15 is 0 Å². The topological polar surface area (TPSA) is 90.2 Å². The van der Waals surface area contributed by atoms with Crippen LogP contribution in [0.4, 0.5) is 0 Å². The maximum atomic E-state index is 10.2. The van der Waals surface area contributed by atoms with E-state index in [1.165, 1.54) is 0 Å². The Balaban J connectivity index is 2.27. The second kappa shape index (κ2) is 4.72. The fourth-order valence-corrected chi connectivity index (χ4v) is 1.88. The Bertz CT molecular complexity index is 401. The number of ether oxygens (including phenoxy) is 1. The summed E-state index contributed by atoms with van der Waals surface area (Å²) >= 11 is 0. The Labute approximate surface area is 100 Å². The van der Waals surface area contributed by atoms with Crippen LogP contribution in [0.15, 0.2) is 30.3 Å². The van der Waals surface area contributed by atoms with Crippen molar-refractivity contribution in [3.8, 4) is 0 Å². The molecule has 0 spiro atoms. The van der Waals surface area contributed by atoms with E-state index in [4.69, 9.17) is 11.2 Å². The Morgan fingerprint density at radius 2 is 1.94 bits per heavy atom. The summed E-state index contributed by atoms with van der Waals surface area (Å²) in [5.41, 5.74) is 0.449. The fourth-order valence-electron chi connectivity index (χ4n) is 1.88. The zero-order valence-electron chi connectivity index (χ0n) is 10.1. The second-order valence-corrected chi connectivity index (χ2v) is 4.08. The summed E-state index contributed by atoms with van der Waals surface area (Å²) < 4.78 is 13.0. The number of rotatable bonds is 3. The minimum Gasteiger partial charge on any atom is -0.394 e. The molecule has 1 aliphatic heterocycles. The third kappa shape index (κ3) is 2.34. The minimum absolute atomic E-state index is 0.449. The monoisotopic (exact) mass is 241 g/mol. The van der Waals surface area contributed by atoms with E-state index < -0.39 is 37.1 Å². The van der Waals surface area contributed by atoms with Crippen molar-refractivity contribution in [1.82, 2.24) is 0 Å². The van der Waals surface area contributed by atoms with Crippen molar-refractivity contribution in [2.24, 2.45) is 0 Å². The number of hydrogen-bond donors (Lipinski definition) is 4. The highest BCUT2D eigenvalue weighted by Crippen LogP contribution is 2.31. The summed E-state index contributed by atoms with van der Waals surface area (Å²) in [5.74, 6) is -2.23. The first-order chi connectivity index (χ1) is 8.50. The fraction of sp³-hybridized carbons (Fsp3) is 0.500. The average molecular weight is 241 g/mol. The van der Waals surface area contributed by atoms with Gasteiger partial charge in [-0.05, 0) is 5.56 Å². The van der Waals surface area contributed by atoms with Crippen LogP contribution in [0, 0.1) is 0 Å². The Kier molecular flexibility index (Phi) is 3.09. The standard InChI is InChI=1S/C12H16O5/c13-7-9-10(14)11(15)12(16,17-9)6-8-4-2-1-3-5-8/h1-5,9-11,13-16H,6-7H2/t9-,10+,11-,12?/m1/s1/i6D/t6?,9-,10+,11-,12?. The summed E-state index contributed by atoms with van der Waals surface area (Å²) in [6.07, 6.45) is -5.43. The van der Waals surface area contributed by atoms with Gasteiger partial charge in [-0.2, -0.15) is 0 Å².